The molecule has 1 aromatic carbocycles. The van der Waals surface area contributed by atoms with Crippen LogP contribution in [0.3, 0.4) is 0 Å². The highest BCUT2D eigenvalue weighted by atomic mass is 16.3. The van der Waals surface area contributed by atoms with Gasteiger partial charge in [-0.3, -0.25) is 0 Å². The average Bonchev–Trinajstić information content (AvgIpc) is 2.04. The van der Waals surface area contributed by atoms with Crippen molar-refractivity contribution in [1.29, 1.82) is 0 Å². The van der Waals surface area contributed by atoms with Crippen LogP contribution in [-0.2, 0) is 0 Å². The van der Waals surface area contributed by atoms with Gasteiger partial charge in [0.2, 0.25) is 0 Å². The van der Waals surface area contributed by atoms with E-state index in [1.165, 1.54) is 11.1 Å². The van der Waals surface area contributed by atoms with Gasteiger partial charge in [-0.1, -0.05) is 42.0 Å². The minimum absolute atomic E-state index is 0.250. The summed E-state index contributed by atoms with van der Waals surface area (Å²) in [5.74, 6) is 0. The fraction of sp³-hybridized carbons (Fsp3) is 0.333. The molecule has 0 bridgehead atoms. The molecule has 13 heavy (non-hydrogen) atoms. The first kappa shape index (κ1) is 10.0. The number of aliphatic hydroxyl groups excluding tert-OH is 1. The zero-order valence-corrected chi connectivity index (χ0v) is 8.20. The number of rotatable bonds is 3. The molecule has 70 valence electrons. The van der Waals surface area contributed by atoms with Gasteiger partial charge in [-0.05, 0) is 25.8 Å². The lowest BCUT2D eigenvalue weighted by Gasteiger charge is -2.03. The minimum Gasteiger partial charge on any atom is -0.393 e. The van der Waals surface area contributed by atoms with Crippen molar-refractivity contribution in [2.45, 2.75) is 26.4 Å². The summed E-state index contributed by atoms with van der Waals surface area (Å²) >= 11 is 0. The van der Waals surface area contributed by atoms with Crippen LogP contribution in [0.15, 0.2) is 35.9 Å². The molecule has 0 spiro atoms. The molecule has 0 radical (unpaired) electrons. The van der Waals surface area contributed by atoms with E-state index in [4.69, 9.17) is 5.11 Å². The van der Waals surface area contributed by atoms with Crippen molar-refractivity contribution in [3.8, 4) is 0 Å². The molecule has 1 aromatic rings. The summed E-state index contributed by atoms with van der Waals surface area (Å²) in [6.07, 6.45) is 2.60. The van der Waals surface area contributed by atoms with Crippen molar-refractivity contribution in [3.05, 3.63) is 41.5 Å². The number of benzene rings is 1. The third kappa shape index (κ3) is 3.90. The second kappa shape index (κ2) is 4.83. The van der Waals surface area contributed by atoms with Crippen LogP contribution in [0.5, 0.6) is 0 Å². The maximum absolute atomic E-state index is 9.16. The molecular weight excluding hydrogens is 160 g/mol. The molecule has 0 aliphatic heterocycles. The van der Waals surface area contributed by atoms with E-state index in [0.29, 0.717) is 0 Å². The van der Waals surface area contributed by atoms with E-state index in [1.54, 1.807) is 0 Å². The third-order valence-electron chi connectivity index (χ3n) is 1.83. The molecule has 0 aliphatic rings. The molecule has 0 saturated heterocycles. The van der Waals surface area contributed by atoms with Crippen LogP contribution < -0.4 is 0 Å². The van der Waals surface area contributed by atoms with Crippen molar-refractivity contribution in [2.75, 3.05) is 0 Å². The Bertz CT molecular complexity index is 272. The van der Waals surface area contributed by atoms with E-state index in [9.17, 15) is 0 Å². The maximum Gasteiger partial charge on any atom is 0.0549 e. The molecule has 1 atom stereocenters. The van der Waals surface area contributed by atoms with Crippen molar-refractivity contribution in [3.63, 3.8) is 0 Å². The molecule has 1 N–H and O–H groups in total. The second-order valence-corrected chi connectivity index (χ2v) is 3.45. The topological polar surface area (TPSA) is 20.2 Å². The summed E-state index contributed by atoms with van der Waals surface area (Å²) in [4.78, 5) is 0. The quantitative estimate of drug-likeness (QED) is 0.750. The van der Waals surface area contributed by atoms with E-state index in [1.807, 2.05) is 32.0 Å². The Hall–Kier alpha value is -1.08. The zero-order chi connectivity index (χ0) is 9.68. The molecule has 0 saturated carbocycles. The smallest absolute Gasteiger partial charge is 0.0549 e. The monoisotopic (exact) mass is 176 g/mol. The van der Waals surface area contributed by atoms with Gasteiger partial charge in [0.1, 0.15) is 0 Å². The Morgan fingerprint density at radius 1 is 1.38 bits per heavy atom. The second-order valence-electron chi connectivity index (χ2n) is 3.45. The van der Waals surface area contributed by atoms with Gasteiger partial charge in [0, 0.05) is 0 Å². The van der Waals surface area contributed by atoms with Gasteiger partial charge in [-0.25, -0.2) is 0 Å². The fourth-order valence-corrected chi connectivity index (χ4v) is 1.36. The highest BCUT2D eigenvalue weighted by Gasteiger charge is 1.96. The summed E-state index contributed by atoms with van der Waals surface area (Å²) in [7, 11) is 0. The van der Waals surface area contributed by atoms with Gasteiger partial charge in [0.15, 0.2) is 0 Å². The van der Waals surface area contributed by atoms with Gasteiger partial charge >= 0.3 is 0 Å². The van der Waals surface area contributed by atoms with Gasteiger partial charge in [-0.2, -0.15) is 0 Å². The van der Waals surface area contributed by atoms with E-state index < -0.39 is 0 Å². The summed E-state index contributed by atoms with van der Waals surface area (Å²) in [6.45, 7) is 3.85. The van der Waals surface area contributed by atoms with Crippen LogP contribution in [0.1, 0.15) is 25.8 Å². The van der Waals surface area contributed by atoms with Gasteiger partial charge in [0.25, 0.3) is 0 Å². The lowest BCUT2D eigenvalue weighted by Crippen LogP contribution is -1.99. The Labute approximate surface area is 79.7 Å². The van der Waals surface area contributed by atoms with Crippen molar-refractivity contribution < 1.29 is 5.11 Å². The standard InChI is InChI=1S/C12H16O/c1-10(8-11(2)13)9-12-6-4-3-5-7-12/h3-7,9,11,13H,8H2,1-2H3/b10-9+. The number of hydrogen-bond donors (Lipinski definition) is 1. The van der Waals surface area contributed by atoms with E-state index in [2.05, 4.69) is 18.2 Å². The van der Waals surface area contributed by atoms with Crippen LogP contribution in [0.4, 0.5) is 0 Å². The van der Waals surface area contributed by atoms with Crippen LogP contribution in [-0.4, -0.2) is 11.2 Å². The zero-order valence-electron chi connectivity index (χ0n) is 8.20. The number of hydrogen-bond acceptors (Lipinski definition) is 1. The molecule has 0 heterocycles. The summed E-state index contributed by atoms with van der Waals surface area (Å²) in [5, 5.41) is 9.16. The molecule has 0 aliphatic carbocycles. The molecule has 0 fully saturated rings. The van der Waals surface area contributed by atoms with E-state index >= 15 is 0 Å². The van der Waals surface area contributed by atoms with Gasteiger partial charge in [0.05, 0.1) is 6.10 Å². The largest absolute Gasteiger partial charge is 0.393 e. The van der Waals surface area contributed by atoms with E-state index in [0.717, 1.165) is 6.42 Å². The molecule has 1 unspecified atom stereocenters. The van der Waals surface area contributed by atoms with Crippen molar-refractivity contribution in [2.24, 2.45) is 0 Å². The van der Waals surface area contributed by atoms with Crippen LogP contribution in [0, 0.1) is 0 Å². The first-order valence-electron chi connectivity index (χ1n) is 4.59. The SMILES string of the molecule is C/C(=C\c1ccccc1)CC(C)O. The predicted molar refractivity (Wildman–Crippen MR) is 56.4 cm³/mol. The highest BCUT2D eigenvalue weighted by molar-refractivity contribution is 5.51. The highest BCUT2D eigenvalue weighted by Crippen LogP contribution is 2.10. The van der Waals surface area contributed by atoms with Crippen LogP contribution >= 0.6 is 0 Å². The van der Waals surface area contributed by atoms with Crippen LogP contribution in [0.2, 0.25) is 0 Å². The predicted octanol–water partition coefficient (Wildman–Crippen LogP) is 2.86. The summed E-state index contributed by atoms with van der Waals surface area (Å²) in [5.41, 5.74) is 2.40. The van der Waals surface area contributed by atoms with Crippen LogP contribution in [0.25, 0.3) is 6.08 Å². The normalized spacial score (nSPS) is 14.2. The first-order chi connectivity index (χ1) is 6.18. The molecule has 1 rings (SSSR count). The first-order valence-corrected chi connectivity index (χ1v) is 4.59. The Morgan fingerprint density at radius 3 is 2.54 bits per heavy atom. The maximum atomic E-state index is 9.16. The minimum atomic E-state index is -0.250. The van der Waals surface area contributed by atoms with Gasteiger partial charge in [-0.15, -0.1) is 0 Å². The lowest BCUT2D eigenvalue weighted by molar-refractivity contribution is 0.195. The Balaban J connectivity index is 2.66. The van der Waals surface area contributed by atoms with E-state index in [-0.39, 0.29) is 6.10 Å². The molecule has 1 nitrogen and oxygen atoms in total. The van der Waals surface area contributed by atoms with Crippen molar-refractivity contribution in [1.82, 2.24) is 0 Å². The lowest BCUT2D eigenvalue weighted by atomic mass is 10.1. The summed E-state index contributed by atoms with van der Waals surface area (Å²) < 4.78 is 0. The van der Waals surface area contributed by atoms with Crippen molar-refractivity contribution >= 4 is 6.08 Å². The fourth-order valence-electron chi connectivity index (χ4n) is 1.36. The number of aliphatic hydroxyl groups is 1. The summed E-state index contributed by atoms with van der Waals surface area (Å²) in [6, 6.07) is 10.2. The molecule has 0 amide bonds. The Morgan fingerprint density at radius 2 is 2.00 bits per heavy atom. The third-order valence-corrected chi connectivity index (χ3v) is 1.83. The molecule has 1 heteroatoms. The molecular formula is C12H16O. The average molecular weight is 176 g/mol. The Kier molecular flexibility index (Phi) is 3.71. The molecule has 0 aromatic heterocycles. The van der Waals surface area contributed by atoms with Gasteiger partial charge < -0.3 is 5.11 Å².